The number of hydrogen-bond donors (Lipinski definition) is 0. The fraction of sp³-hybridized carbons (Fsp3) is 0.167. The highest BCUT2D eigenvalue weighted by Gasteiger charge is 2.35. The molecule has 1 amide bonds. The van der Waals surface area contributed by atoms with Crippen molar-refractivity contribution < 1.29 is 9.32 Å². The van der Waals surface area contributed by atoms with E-state index in [9.17, 15) is 4.79 Å². The van der Waals surface area contributed by atoms with Crippen LogP contribution in [0, 0.1) is 0 Å². The number of nitrogens with zero attached hydrogens (tertiary/aromatic N) is 3. The molecule has 4 rings (SSSR count). The highest BCUT2D eigenvalue weighted by Crippen LogP contribution is 2.32. The summed E-state index contributed by atoms with van der Waals surface area (Å²) in [4.78, 5) is 18.5. The van der Waals surface area contributed by atoms with Gasteiger partial charge in [-0.05, 0) is 24.3 Å². The fourth-order valence-corrected chi connectivity index (χ4v) is 3.07. The lowest BCUT2D eigenvalue weighted by Gasteiger charge is -2.15. The van der Waals surface area contributed by atoms with Gasteiger partial charge in [0, 0.05) is 29.2 Å². The lowest BCUT2D eigenvalue weighted by atomic mass is 10.1. The molecule has 120 valence electrons. The Morgan fingerprint density at radius 1 is 1.12 bits per heavy atom. The molecule has 6 heteroatoms. The Labute approximate surface area is 143 Å². The lowest BCUT2D eigenvalue weighted by molar-refractivity contribution is -0.117. The summed E-state index contributed by atoms with van der Waals surface area (Å²) in [6.07, 6.45) is 0.367. The van der Waals surface area contributed by atoms with Crippen LogP contribution < -0.4 is 4.90 Å². The Hall–Kier alpha value is -2.66. The van der Waals surface area contributed by atoms with Gasteiger partial charge in [-0.2, -0.15) is 4.98 Å². The molecule has 1 saturated heterocycles. The minimum atomic E-state index is -0.0989. The molecule has 1 atom stereocenters. The number of benzene rings is 2. The van der Waals surface area contributed by atoms with Crippen LogP contribution in [0.5, 0.6) is 0 Å². The summed E-state index contributed by atoms with van der Waals surface area (Å²) in [7, 11) is 0. The van der Waals surface area contributed by atoms with Crippen molar-refractivity contribution >= 4 is 23.2 Å². The Kier molecular flexibility index (Phi) is 3.78. The van der Waals surface area contributed by atoms with Crippen LogP contribution in [0.2, 0.25) is 5.02 Å². The molecule has 5 nitrogen and oxygen atoms in total. The van der Waals surface area contributed by atoms with Gasteiger partial charge in [0.15, 0.2) is 0 Å². The van der Waals surface area contributed by atoms with Gasteiger partial charge in [0.2, 0.25) is 17.6 Å². The molecule has 0 spiro atoms. The van der Waals surface area contributed by atoms with Crippen LogP contribution in [0.3, 0.4) is 0 Å². The highest BCUT2D eigenvalue weighted by molar-refractivity contribution is 6.30. The molecule has 0 saturated carbocycles. The number of hydrogen-bond acceptors (Lipinski definition) is 4. The first kappa shape index (κ1) is 14.9. The molecule has 2 aromatic carbocycles. The molecule has 0 radical (unpaired) electrons. The average molecular weight is 340 g/mol. The van der Waals surface area contributed by atoms with Gasteiger partial charge in [0.05, 0.1) is 5.92 Å². The molecular weight excluding hydrogens is 326 g/mol. The fourth-order valence-electron chi connectivity index (χ4n) is 2.88. The maximum Gasteiger partial charge on any atom is 0.232 e. The number of amides is 1. The van der Waals surface area contributed by atoms with Gasteiger partial charge in [0.25, 0.3) is 0 Å². The van der Waals surface area contributed by atoms with Crippen molar-refractivity contribution in [2.75, 3.05) is 11.4 Å². The second-order valence-corrected chi connectivity index (χ2v) is 6.14. The smallest absolute Gasteiger partial charge is 0.232 e. The van der Waals surface area contributed by atoms with E-state index in [-0.39, 0.29) is 11.8 Å². The van der Waals surface area contributed by atoms with E-state index in [0.29, 0.717) is 29.7 Å². The largest absolute Gasteiger partial charge is 0.339 e. The van der Waals surface area contributed by atoms with E-state index >= 15 is 0 Å². The van der Waals surface area contributed by atoms with Crippen LogP contribution in [0.4, 0.5) is 5.69 Å². The van der Waals surface area contributed by atoms with Crippen LogP contribution in [0.15, 0.2) is 59.1 Å². The van der Waals surface area contributed by atoms with Crippen LogP contribution in [-0.4, -0.2) is 22.6 Å². The number of carbonyl (C=O) groups is 1. The predicted octanol–water partition coefficient (Wildman–Crippen LogP) is 3.91. The van der Waals surface area contributed by atoms with Crippen molar-refractivity contribution in [3.8, 4) is 11.4 Å². The maximum atomic E-state index is 12.3. The van der Waals surface area contributed by atoms with Crippen LogP contribution >= 0.6 is 11.6 Å². The van der Waals surface area contributed by atoms with Crippen molar-refractivity contribution in [2.24, 2.45) is 0 Å². The van der Waals surface area contributed by atoms with Crippen molar-refractivity contribution in [3.05, 3.63) is 65.5 Å². The normalized spacial score (nSPS) is 17.5. The summed E-state index contributed by atoms with van der Waals surface area (Å²) < 4.78 is 5.39. The van der Waals surface area contributed by atoms with Gasteiger partial charge in [-0.3, -0.25) is 4.79 Å². The molecule has 2 heterocycles. The van der Waals surface area contributed by atoms with E-state index < -0.39 is 0 Å². The SMILES string of the molecule is O=C1C[C@H](c2nc(-c3cccc(Cl)c3)no2)CN1c1ccccc1. The van der Waals surface area contributed by atoms with Gasteiger partial charge < -0.3 is 9.42 Å². The number of carbonyl (C=O) groups excluding carboxylic acids is 1. The number of halogens is 1. The van der Waals surface area contributed by atoms with Crippen LogP contribution in [-0.2, 0) is 4.79 Å². The molecule has 0 N–H and O–H groups in total. The molecule has 0 aliphatic carbocycles. The van der Waals surface area contributed by atoms with Crippen LogP contribution in [0.25, 0.3) is 11.4 Å². The number of anilines is 1. The van der Waals surface area contributed by atoms with E-state index in [4.69, 9.17) is 16.1 Å². The summed E-state index contributed by atoms with van der Waals surface area (Å²) in [5.74, 6) is 0.932. The van der Waals surface area contributed by atoms with Gasteiger partial charge >= 0.3 is 0 Å². The van der Waals surface area contributed by atoms with Gasteiger partial charge in [-0.15, -0.1) is 0 Å². The lowest BCUT2D eigenvalue weighted by Crippen LogP contribution is -2.24. The Balaban J connectivity index is 1.57. The zero-order valence-electron chi connectivity index (χ0n) is 12.7. The predicted molar refractivity (Wildman–Crippen MR) is 90.9 cm³/mol. The minimum Gasteiger partial charge on any atom is -0.339 e. The molecule has 1 aliphatic heterocycles. The van der Waals surface area contributed by atoms with Crippen molar-refractivity contribution in [3.63, 3.8) is 0 Å². The van der Waals surface area contributed by atoms with Crippen molar-refractivity contribution in [2.45, 2.75) is 12.3 Å². The van der Waals surface area contributed by atoms with E-state index in [1.807, 2.05) is 42.5 Å². The van der Waals surface area contributed by atoms with E-state index in [0.717, 1.165) is 11.3 Å². The maximum absolute atomic E-state index is 12.3. The van der Waals surface area contributed by atoms with Gasteiger partial charge in [-0.1, -0.05) is 47.1 Å². The quantitative estimate of drug-likeness (QED) is 0.726. The first-order valence-electron chi connectivity index (χ1n) is 7.65. The van der Waals surface area contributed by atoms with Crippen LogP contribution in [0.1, 0.15) is 18.2 Å². The third-order valence-corrected chi connectivity index (χ3v) is 4.30. The first-order valence-corrected chi connectivity index (χ1v) is 8.03. The second-order valence-electron chi connectivity index (χ2n) is 5.71. The molecule has 1 aromatic heterocycles. The second kappa shape index (κ2) is 6.09. The Morgan fingerprint density at radius 2 is 1.96 bits per heavy atom. The summed E-state index contributed by atoms with van der Waals surface area (Å²) in [6, 6.07) is 16.9. The van der Waals surface area contributed by atoms with Crippen molar-refractivity contribution in [1.82, 2.24) is 10.1 Å². The minimum absolute atomic E-state index is 0.0636. The van der Waals surface area contributed by atoms with E-state index in [1.165, 1.54) is 0 Å². The average Bonchev–Trinajstić information content (AvgIpc) is 3.22. The summed E-state index contributed by atoms with van der Waals surface area (Å²) >= 11 is 6.00. The van der Waals surface area contributed by atoms with Crippen molar-refractivity contribution in [1.29, 1.82) is 0 Å². The monoisotopic (exact) mass is 339 g/mol. The molecule has 3 aromatic rings. The molecule has 1 aliphatic rings. The summed E-state index contributed by atoms with van der Waals surface area (Å²) in [6.45, 7) is 0.542. The number of para-hydroxylation sites is 1. The zero-order valence-corrected chi connectivity index (χ0v) is 13.5. The topological polar surface area (TPSA) is 59.2 Å². The first-order chi connectivity index (χ1) is 11.7. The summed E-state index contributed by atoms with van der Waals surface area (Å²) in [5.41, 5.74) is 1.68. The molecule has 24 heavy (non-hydrogen) atoms. The third kappa shape index (κ3) is 2.78. The number of aromatic nitrogens is 2. The highest BCUT2D eigenvalue weighted by atomic mass is 35.5. The molecule has 1 fully saturated rings. The number of rotatable bonds is 3. The standard InChI is InChI=1S/C18H14ClN3O2/c19-14-6-4-5-12(9-14)17-20-18(24-21-17)13-10-16(23)22(11-13)15-7-2-1-3-8-15/h1-9,13H,10-11H2/t13-/m0/s1. The van der Waals surface area contributed by atoms with E-state index in [1.54, 1.807) is 17.0 Å². The van der Waals surface area contributed by atoms with Gasteiger partial charge in [0.1, 0.15) is 0 Å². The molecule has 0 bridgehead atoms. The molecule has 0 unspecified atom stereocenters. The van der Waals surface area contributed by atoms with Gasteiger partial charge in [-0.25, -0.2) is 0 Å². The zero-order chi connectivity index (χ0) is 16.5. The summed E-state index contributed by atoms with van der Waals surface area (Å²) in [5, 5.41) is 4.64. The Morgan fingerprint density at radius 3 is 2.75 bits per heavy atom. The molecular formula is C18H14ClN3O2. The van der Waals surface area contributed by atoms with E-state index in [2.05, 4.69) is 10.1 Å². The third-order valence-electron chi connectivity index (χ3n) is 4.07. The Bertz CT molecular complexity index is 879.